The van der Waals surface area contributed by atoms with Crippen LogP contribution < -0.4 is 15.4 Å². The molecule has 0 aliphatic carbocycles. The van der Waals surface area contributed by atoms with Crippen LogP contribution in [0.25, 0.3) is 6.08 Å². The highest BCUT2D eigenvalue weighted by molar-refractivity contribution is 7.13. The van der Waals surface area contributed by atoms with Crippen LogP contribution in [-0.4, -0.2) is 23.4 Å². The number of thiazole rings is 1. The number of carbonyl (C=O) groups excluding carboxylic acids is 2. The molecule has 0 saturated heterocycles. The summed E-state index contributed by atoms with van der Waals surface area (Å²) >= 11 is 1.31. The van der Waals surface area contributed by atoms with Gasteiger partial charge in [-0.3, -0.25) is 14.9 Å². The van der Waals surface area contributed by atoms with Crippen molar-refractivity contribution in [2.45, 2.75) is 13.0 Å². The van der Waals surface area contributed by atoms with Crippen molar-refractivity contribution in [3.05, 3.63) is 82.9 Å². The fourth-order valence-corrected chi connectivity index (χ4v) is 3.26. The molecule has 3 rings (SSSR count). The Hall–Kier alpha value is -3.96. The van der Waals surface area contributed by atoms with Crippen molar-refractivity contribution in [3.63, 3.8) is 0 Å². The zero-order valence-electron chi connectivity index (χ0n) is 16.7. The van der Waals surface area contributed by atoms with Gasteiger partial charge >= 0.3 is 0 Å². The van der Waals surface area contributed by atoms with Crippen LogP contribution in [0.1, 0.15) is 24.1 Å². The molecule has 1 unspecified atom stereocenters. The molecule has 0 bridgehead atoms. The Morgan fingerprint density at radius 2 is 1.94 bits per heavy atom. The molecule has 156 valence electrons. The second kappa shape index (κ2) is 10.7. The molecule has 2 N–H and O–H groups in total. The van der Waals surface area contributed by atoms with Gasteiger partial charge in [0.05, 0.1) is 6.04 Å². The molecule has 7 nitrogen and oxygen atoms in total. The molecule has 3 aromatic rings. The molecular formula is C23H20N4O3S. The Bertz CT molecular complexity index is 1110. The summed E-state index contributed by atoms with van der Waals surface area (Å²) in [6.45, 7) is 1.61. The molecular weight excluding hydrogens is 412 g/mol. The van der Waals surface area contributed by atoms with Crippen LogP contribution in [0.5, 0.6) is 5.75 Å². The molecule has 0 radical (unpaired) electrons. The largest absolute Gasteiger partial charge is 0.483 e. The number of amides is 2. The molecule has 1 aromatic heterocycles. The predicted molar refractivity (Wildman–Crippen MR) is 119 cm³/mol. The number of ether oxygens (including phenoxy) is 1. The Morgan fingerprint density at radius 3 is 2.65 bits per heavy atom. The molecule has 0 saturated carbocycles. The van der Waals surface area contributed by atoms with Gasteiger partial charge in [-0.1, -0.05) is 48.5 Å². The number of hydrogen-bond donors (Lipinski definition) is 2. The summed E-state index contributed by atoms with van der Waals surface area (Å²) in [5, 5.41) is 17.2. The van der Waals surface area contributed by atoms with Crippen LogP contribution in [-0.2, 0) is 9.59 Å². The fraction of sp³-hybridized carbons (Fsp3) is 0.130. The number of hydrogen-bond acceptors (Lipinski definition) is 6. The minimum absolute atomic E-state index is 0.0638. The first kappa shape index (κ1) is 21.7. The van der Waals surface area contributed by atoms with E-state index in [1.54, 1.807) is 35.8 Å². The molecule has 0 spiro atoms. The quantitative estimate of drug-likeness (QED) is 0.414. The molecule has 8 heteroatoms. The van der Waals surface area contributed by atoms with E-state index in [2.05, 4.69) is 15.6 Å². The van der Waals surface area contributed by atoms with Gasteiger partial charge in [-0.25, -0.2) is 4.98 Å². The summed E-state index contributed by atoms with van der Waals surface area (Å²) in [6.07, 6.45) is 3.04. The van der Waals surface area contributed by atoms with E-state index >= 15 is 0 Å². The molecule has 1 atom stereocenters. The molecule has 0 fully saturated rings. The average molecular weight is 433 g/mol. The average Bonchev–Trinajstić information content (AvgIpc) is 3.30. The van der Waals surface area contributed by atoms with Crippen LogP contribution in [0, 0.1) is 11.3 Å². The Morgan fingerprint density at radius 1 is 1.19 bits per heavy atom. The van der Waals surface area contributed by atoms with Crippen molar-refractivity contribution in [3.8, 4) is 11.8 Å². The Labute approximate surface area is 184 Å². The summed E-state index contributed by atoms with van der Waals surface area (Å²) in [7, 11) is 0. The summed E-state index contributed by atoms with van der Waals surface area (Å²) in [6, 6.07) is 18.0. The summed E-state index contributed by atoms with van der Waals surface area (Å²) in [5.41, 5.74) is 1.39. The summed E-state index contributed by atoms with van der Waals surface area (Å²) < 4.78 is 5.60. The first-order chi connectivity index (χ1) is 15.1. The van der Waals surface area contributed by atoms with Crippen LogP contribution in [0.2, 0.25) is 0 Å². The van der Waals surface area contributed by atoms with E-state index in [-0.39, 0.29) is 24.1 Å². The van der Waals surface area contributed by atoms with Crippen molar-refractivity contribution < 1.29 is 14.3 Å². The SMILES string of the molecule is CC(NC(=O)/C(C#N)=C/c1ccccc1OCC(=O)Nc1nccs1)c1ccccc1. The Kier molecular flexibility index (Phi) is 7.51. The van der Waals surface area contributed by atoms with Gasteiger partial charge in [0.15, 0.2) is 11.7 Å². The number of para-hydroxylation sites is 1. The third-order valence-corrected chi connectivity index (χ3v) is 4.96. The number of nitriles is 1. The lowest BCUT2D eigenvalue weighted by Gasteiger charge is -2.14. The lowest BCUT2D eigenvalue weighted by atomic mass is 10.1. The van der Waals surface area contributed by atoms with Gasteiger partial charge in [-0.05, 0) is 24.6 Å². The zero-order valence-corrected chi connectivity index (χ0v) is 17.6. The third-order valence-electron chi connectivity index (χ3n) is 4.27. The first-order valence-corrected chi connectivity index (χ1v) is 10.3. The maximum absolute atomic E-state index is 12.6. The van der Waals surface area contributed by atoms with Gasteiger partial charge in [0.25, 0.3) is 11.8 Å². The van der Waals surface area contributed by atoms with E-state index < -0.39 is 5.91 Å². The van der Waals surface area contributed by atoms with E-state index in [0.29, 0.717) is 16.4 Å². The van der Waals surface area contributed by atoms with Gasteiger partial charge in [0.1, 0.15) is 17.4 Å². The number of nitrogens with one attached hydrogen (secondary N) is 2. The summed E-state index contributed by atoms with van der Waals surface area (Å²) in [4.78, 5) is 28.6. The molecule has 31 heavy (non-hydrogen) atoms. The van der Waals surface area contributed by atoms with Crippen molar-refractivity contribution in [2.24, 2.45) is 0 Å². The van der Waals surface area contributed by atoms with Gasteiger partial charge in [0, 0.05) is 17.1 Å². The highest BCUT2D eigenvalue weighted by atomic mass is 32.1. The molecule has 1 heterocycles. The normalized spacial score (nSPS) is 11.8. The van der Waals surface area contributed by atoms with Crippen molar-refractivity contribution in [2.75, 3.05) is 11.9 Å². The lowest BCUT2D eigenvalue weighted by molar-refractivity contribution is -0.118. The maximum atomic E-state index is 12.6. The number of carbonyl (C=O) groups is 2. The number of benzene rings is 2. The number of aromatic nitrogens is 1. The second-order valence-corrected chi connectivity index (χ2v) is 7.38. The molecule has 2 amide bonds. The standard InChI is InChI=1S/C23H20N4O3S/c1-16(17-7-3-2-4-8-17)26-22(29)19(14-24)13-18-9-5-6-10-20(18)30-15-21(28)27-23-25-11-12-31-23/h2-13,16H,15H2,1H3,(H,26,29)(H,25,27,28)/b19-13+. The maximum Gasteiger partial charge on any atom is 0.264 e. The highest BCUT2D eigenvalue weighted by Gasteiger charge is 2.15. The predicted octanol–water partition coefficient (Wildman–Crippen LogP) is 3.94. The number of anilines is 1. The van der Waals surface area contributed by atoms with Crippen LogP contribution in [0.4, 0.5) is 5.13 Å². The highest BCUT2D eigenvalue weighted by Crippen LogP contribution is 2.22. The Balaban J connectivity index is 1.68. The van der Waals surface area contributed by atoms with E-state index in [0.717, 1.165) is 5.56 Å². The van der Waals surface area contributed by atoms with Gasteiger partial charge in [-0.2, -0.15) is 5.26 Å². The van der Waals surface area contributed by atoms with Crippen molar-refractivity contribution in [1.82, 2.24) is 10.3 Å². The minimum Gasteiger partial charge on any atom is -0.483 e. The second-order valence-electron chi connectivity index (χ2n) is 6.49. The molecule has 0 aliphatic heterocycles. The van der Waals surface area contributed by atoms with Gasteiger partial charge < -0.3 is 10.1 Å². The number of nitrogens with zero attached hydrogens (tertiary/aromatic N) is 2. The smallest absolute Gasteiger partial charge is 0.264 e. The minimum atomic E-state index is -0.491. The third kappa shape index (κ3) is 6.26. The zero-order chi connectivity index (χ0) is 22.1. The summed E-state index contributed by atoms with van der Waals surface area (Å²) in [5.74, 6) is -0.465. The van der Waals surface area contributed by atoms with E-state index in [1.807, 2.05) is 43.3 Å². The van der Waals surface area contributed by atoms with Gasteiger partial charge in [-0.15, -0.1) is 11.3 Å². The first-order valence-electron chi connectivity index (χ1n) is 9.45. The van der Waals surface area contributed by atoms with Crippen LogP contribution in [0.3, 0.4) is 0 Å². The van der Waals surface area contributed by atoms with Crippen molar-refractivity contribution >= 4 is 34.4 Å². The number of rotatable bonds is 8. The molecule has 0 aliphatic rings. The van der Waals surface area contributed by atoms with E-state index in [4.69, 9.17) is 4.74 Å². The molecule has 2 aromatic carbocycles. The lowest BCUT2D eigenvalue weighted by Crippen LogP contribution is -2.27. The van der Waals surface area contributed by atoms with E-state index in [9.17, 15) is 14.9 Å². The monoisotopic (exact) mass is 432 g/mol. The topological polar surface area (TPSA) is 104 Å². The van der Waals surface area contributed by atoms with Crippen LogP contribution in [0.15, 0.2) is 71.7 Å². The van der Waals surface area contributed by atoms with Crippen molar-refractivity contribution in [1.29, 1.82) is 5.26 Å². The van der Waals surface area contributed by atoms with Gasteiger partial charge in [0.2, 0.25) is 0 Å². The van der Waals surface area contributed by atoms with Crippen LogP contribution >= 0.6 is 11.3 Å². The fourth-order valence-electron chi connectivity index (χ4n) is 2.72. The van der Waals surface area contributed by atoms with E-state index in [1.165, 1.54) is 17.4 Å².